The number of hydrogen-bond acceptors (Lipinski definition) is 3. The van der Waals surface area contributed by atoms with Crippen molar-refractivity contribution >= 4 is 35.0 Å². The van der Waals surface area contributed by atoms with Crippen molar-refractivity contribution in [2.75, 3.05) is 13.7 Å². The number of ether oxygens (including phenoxy) is 1. The minimum Gasteiger partial charge on any atom is -0.482 e. The Morgan fingerprint density at radius 2 is 1.85 bits per heavy atom. The largest absolute Gasteiger partial charge is 0.482 e. The van der Waals surface area contributed by atoms with Gasteiger partial charge in [0.15, 0.2) is 6.61 Å². The van der Waals surface area contributed by atoms with Gasteiger partial charge in [0.25, 0.3) is 5.91 Å². The van der Waals surface area contributed by atoms with E-state index in [4.69, 9.17) is 27.9 Å². The summed E-state index contributed by atoms with van der Waals surface area (Å²) in [5.41, 5.74) is 0.918. The summed E-state index contributed by atoms with van der Waals surface area (Å²) in [5, 5.41) is 3.36. The van der Waals surface area contributed by atoms with Gasteiger partial charge in [-0.05, 0) is 30.7 Å². The SMILES string of the molecule is CNC(=O)[C@H](C)N(Cc1ccccc1)C(=O)COc1ccc(Cl)cc1Cl. The fraction of sp³-hybridized carbons (Fsp3) is 0.263. The molecule has 2 amide bonds. The third-order valence-corrected chi connectivity index (χ3v) is 4.38. The molecule has 0 aliphatic carbocycles. The zero-order valence-corrected chi connectivity index (χ0v) is 16.1. The van der Waals surface area contributed by atoms with Crippen LogP contribution in [-0.4, -0.2) is 36.4 Å². The van der Waals surface area contributed by atoms with Crippen LogP contribution in [0, 0.1) is 0 Å². The van der Waals surface area contributed by atoms with Gasteiger partial charge in [0.05, 0.1) is 5.02 Å². The molecule has 26 heavy (non-hydrogen) atoms. The van der Waals surface area contributed by atoms with Gasteiger partial charge in [-0.3, -0.25) is 9.59 Å². The lowest BCUT2D eigenvalue weighted by molar-refractivity contribution is -0.142. The molecule has 1 N–H and O–H groups in total. The Hall–Kier alpha value is -2.24. The third kappa shape index (κ3) is 5.38. The second-order valence-corrected chi connectivity index (χ2v) is 6.50. The van der Waals surface area contributed by atoms with Crippen molar-refractivity contribution in [3.8, 4) is 5.75 Å². The third-order valence-electron chi connectivity index (χ3n) is 3.85. The topological polar surface area (TPSA) is 58.6 Å². The van der Waals surface area contributed by atoms with E-state index in [1.807, 2.05) is 30.3 Å². The van der Waals surface area contributed by atoms with E-state index in [-0.39, 0.29) is 18.4 Å². The van der Waals surface area contributed by atoms with Gasteiger partial charge in [-0.2, -0.15) is 0 Å². The molecule has 0 fully saturated rings. The lowest BCUT2D eigenvalue weighted by Gasteiger charge is -2.28. The number of nitrogens with zero attached hydrogens (tertiary/aromatic N) is 1. The van der Waals surface area contributed by atoms with Crippen molar-refractivity contribution in [3.05, 3.63) is 64.1 Å². The summed E-state index contributed by atoms with van der Waals surface area (Å²) in [6.45, 7) is 1.73. The molecule has 138 valence electrons. The number of hydrogen-bond donors (Lipinski definition) is 1. The van der Waals surface area contributed by atoms with Crippen molar-refractivity contribution in [1.82, 2.24) is 10.2 Å². The highest BCUT2D eigenvalue weighted by Gasteiger charge is 2.26. The van der Waals surface area contributed by atoms with E-state index in [1.165, 1.54) is 18.0 Å². The molecule has 0 spiro atoms. The Balaban J connectivity index is 2.12. The van der Waals surface area contributed by atoms with E-state index in [0.717, 1.165) is 5.56 Å². The molecule has 1 atom stereocenters. The molecule has 7 heteroatoms. The van der Waals surface area contributed by atoms with Crippen molar-refractivity contribution in [2.24, 2.45) is 0 Å². The average molecular weight is 395 g/mol. The highest BCUT2D eigenvalue weighted by Crippen LogP contribution is 2.27. The molecule has 0 aliphatic heterocycles. The standard InChI is InChI=1S/C19H20Cl2N2O3/c1-13(19(25)22-2)23(11-14-6-4-3-5-7-14)18(24)12-26-17-9-8-15(20)10-16(17)21/h3-10,13H,11-12H2,1-2H3,(H,22,25)/t13-/m0/s1. The molecule has 0 heterocycles. The van der Waals surface area contributed by atoms with Gasteiger partial charge in [0, 0.05) is 18.6 Å². The fourth-order valence-electron chi connectivity index (χ4n) is 2.39. The predicted molar refractivity (Wildman–Crippen MR) is 102 cm³/mol. The maximum Gasteiger partial charge on any atom is 0.261 e. The molecular weight excluding hydrogens is 375 g/mol. The lowest BCUT2D eigenvalue weighted by Crippen LogP contribution is -2.48. The number of rotatable bonds is 7. The van der Waals surface area contributed by atoms with Crippen LogP contribution >= 0.6 is 23.2 Å². The smallest absolute Gasteiger partial charge is 0.261 e. The summed E-state index contributed by atoms with van der Waals surface area (Å²) in [7, 11) is 1.54. The van der Waals surface area contributed by atoms with Gasteiger partial charge in [0.2, 0.25) is 5.91 Å². The van der Waals surface area contributed by atoms with Crippen LogP contribution in [0.5, 0.6) is 5.75 Å². The molecule has 0 bridgehead atoms. The van der Waals surface area contributed by atoms with Gasteiger partial charge in [-0.15, -0.1) is 0 Å². The Bertz CT molecular complexity index is 769. The molecule has 0 saturated heterocycles. The monoisotopic (exact) mass is 394 g/mol. The van der Waals surface area contributed by atoms with Crippen LogP contribution in [0.4, 0.5) is 0 Å². The van der Waals surface area contributed by atoms with Crippen molar-refractivity contribution in [3.63, 3.8) is 0 Å². The van der Waals surface area contributed by atoms with Gasteiger partial charge < -0.3 is 15.0 Å². The predicted octanol–water partition coefficient (Wildman–Crippen LogP) is 3.54. The highest BCUT2D eigenvalue weighted by molar-refractivity contribution is 6.35. The van der Waals surface area contributed by atoms with Crippen LogP contribution in [-0.2, 0) is 16.1 Å². The molecule has 0 unspecified atom stereocenters. The zero-order chi connectivity index (χ0) is 19.1. The first-order chi connectivity index (χ1) is 12.4. The first-order valence-electron chi connectivity index (χ1n) is 8.05. The number of carbonyl (C=O) groups excluding carboxylic acids is 2. The minimum atomic E-state index is -0.642. The number of nitrogens with one attached hydrogen (secondary N) is 1. The van der Waals surface area contributed by atoms with Gasteiger partial charge in [-0.25, -0.2) is 0 Å². The summed E-state index contributed by atoms with van der Waals surface area (Å²) in [6, 6.07) is 13.6. The van der Waals surface area contributed by atoms with Crippen LogP contribution < -0.4 is 10.1 Å². The zero-order valence-electron chi connectivity index (χ0n) is 14.5. The number of benzene rings is 2. The maximum atomic E-state index is 12.7. The summed E-state index contributed by atoms with van der Waals surface area (Å²) >= 11 is 11.9. The molecule has 0 saturated carbocycles. The van der Waals surface area contributed by atoms with E-state index in [2.05, 4.69) is 5.32 Å². The van der Waals surface area contributed by atoms with E-state index < -0.39 is 6.04 Å². The Labute approximate surface area is 162 Å². The first kappa shape index (κ1) is 20.1. The molecule has 0 aliphatic rings. The van der Waals surface area contributed by atoms with Crippen molar-refractivity contribution < 1.29 is 14.3 Å². The summed E-state index contributed by atoms with van der Waals surface area (Å²) in [4.78, 5) is 26.2. The Morgan fingerprint density at radius 1 is 1.15 bits per heavy atom. The van der Waals surface area contributed by atoms with Crippen LogP contribution in [0.1, 0.15) is 12.5 Å². The van der Waals surface area contributed by atoms with Gasteiger partial charge in [0.1, 0.15) is 11.8 Å². The Kier molecular flexibility index (Phi) is 7.30. The van der Waals surface area contributed by atoms with Gasteiger partial charge in [-0.1, -0.05) is 53.5 Å². The van der Waals surface area contributed by atoms with Crippen molar-refractivity contribution in [2.45, 2.75) is 19.5 Å². The fourth-order valence-corrected chi connectivity index (χ4v) is 2.85. The molecule has 2 aromatic rings. The summed E-state index contributed by atoms with van der Waals surface area (Å²) in [5.74, 6) is -0.216. The van der Waals surface area contributed by atoms with E-state index in [1.54, 1.807) is 19.1 Å². The summed E-state index contributed by atoms with van der Waals surface area (Å²) in [6.07, 6.45) is 0. The highest BCUT2D eigenvalue weighted by atomic mass is 35.5. The van der Waals surface area contributed by atoms with E-state index in [0.29, 0.717) is 22.3 Å². The van der Waals surface area contributed by atoms with Crippen LogP contribution in [0.25, 0.3) is 0 Å². The second kappa shape index (κ2) is 9.46. The molecule has 2 rings (SSSR count). The number of carbonyl (C=O) groups is 2. The molecular formula is C19H20Cl2N2O3. The molecule has 2 aromatic carbocycles. The minimum absolute atomic E-state index is 0.241. The quantitative estimate of drug-likeness (QED) is 0.780. The molecule has 0 radical (unpaired) electrons. The van der Waals surface area contributed by atoms with Gasteiger partial charge >= 0.3 is 0 Å². The van der Waals surface area contributed by atoms with Crippen molar-refractivity contribution in [1.29, 1.82) is 0 Å². The Morgan fingerprint density at radius 3 is 2.46 bits per heavy atom. The number of amides is 2. The second-order valence-electron chi connectivity index (χ2n) is 5.66. The number of likely N-dealkylation sites (N-methyl/N-ethyl adjacent to an activating group) is 1. The average Bonchev–Trinajstić information content (AvgIpc) is 2.64. The normalized spacial score (nSPS) is 11.5. The summed E-state index contributed by atoms with van der Waals surface area (Å²) < 4.78 is 5.52. The van der Waals surface area contributed by atoms with Crippen LogP contribution in [0.15, 0.2) is 48.5 Å². The van der Waals surface area contributed by atoms with Crippen LogP contribution in [0.2, 0.25) is 10.0 Å². The molecule has 0 aromatic heterocycles. The maximum absolute atomic E-state index is 12.7. The van der Waals surface area contributed by atoms with E-state index in [9.17, 15) is 9.59 Å². The first-order valence-corrected chi connectivity index (χ1v) is 8.80. The van der Waals surface area contributed by atoms with E-state index >= 15 is 0 Å². The lowest BCUT2D eigenvalue weighted by atomic mass is 10.1. The van der Waals surface area contributed by atoms with Crippen LogP contribution in [0.3, 0.4) is 0 Å². The number of halogens is 2. The molecule has 5 nitrogen and oxygen atoms in total.